The number of nitrogens with one attached hydrogen (secondary N) is 2. The van der Waals surface area contributed by atoms with E-state index in [1.807, 2.05) is 26.0 Å². The van der Waals surface area contributed by atoms with Crippen LogP contribution in [0.3, 0.4) is 0 Å². The first-order valence-electron chi connectivity index (χ1n) is 12.4. The highest BCUT2D eigenvalue weighted by molar-refractivity contribution is 7.89. The molecule has 1 fully saturated rings. The van der Waals surface area contributed by atoms with E-state index in [1.54, 1.807) is 18.2 Å². The smallest absolute Gasteiger partial charge is 0.287 e. The molecule has 2 heterocycles. The van der Waals surface area contributed by atoms with Gasteiger partial charge in [-0.25, -0.2) is 12.8 Å². The summed E-state index contributed by atoms with van der Waals surface area (Å²) in [5.41, 5.74) is 0.548. The molecular formula is C27H30FN3O6S. The number of sulfonamides is 1. The van der Waals surface area contributed by atoms with Crippen molar-refractivity contribution < 1.29 is 31.6 Å². The average molecular weight is 544 g/mol. The molecule has 202 valence electrons. The van der Waals surface area contributed by atoms with Crippen molar-refractivity contribution in [1.29, 1.82) is 0 Å². The van der Waals surface area contributed by atoms with Crippen LogP contribution >= 0.6 is 0 Å². The second-order valence-corrected chi connectivity index (χ2v) is 11.7. The minimum absolute atomic E-state index is 0.0582. The van der Waals surface area contributed by atoms with Crippen LogP contribution in [0.2, 0.25) is 0 Å². The Morgan fingerprint density at radius 1 is 1.13 bits per heavy atom. The monoisotopic (exact) mass is 543 g/mol. The number of Topliss-reactive ketones (excluding diaryl/α,β-unsaturated/α-hetero) is 1. The van der Waals surface area contributed by atoms with Crippen molar-refractivity contribution in [2.75, 3.05) is 13.1 Å². The number of nitrogens with zero attached hydrogens (tertiary/aromatic N) is 1. The molecule has 0 aliphatic carbocycles. The van der Waals surface area contributed by atoms with Crippen molar-refractivity contribution in [1.82, 2.24) is 14.9 Å². The Morgan fingerprint density at radius 3 is 2.53 bits per heavy atom. The summed E-state index contributed by atoms with van der Waals surface area (Å²) in [4.78, 5) is 39.0. The van der Waals surface area contributed by atoms with Crippen molar-refractivity contribution in [2.45, 2.75) is 50.1 Å². The van der Waals surface area contributed by atoms with E-state index in [-0.39, 0.29) is 29.5 Å². The highest BCUT2D eigenvalue weighted by Gasteiger charge is 2.34. The van der Waals surface area contributed by atoms with Gasteiger partial charge in [-0.15, -0.1) is 0 Å². The maximum absolute atomic E-state index is 13.3. The fourth-order valence-corrected chi connectivity index (χ4v) is 5.85. The molecule has 1 unspecified atom stereocenters. The lowest BCUT2D eigenvalue weighted by molar-refractivity contribution is -0.129. The van der Waals surface area contributed by atoms with Crippen LogP contribution in [0.1, 0.15) is 43.7 Å². The number of carbonyl (C=O) groups excluding carboxylic acids is 3. The fraction of sp³-hybridized carbons (Fsp3) is 0.370. The third-order valence-corrected chi connectivity index (χ3v) is 8.23. The van der Waals surface area contributed by atoms with Crippen LogP contribution in [0.15, 0.2) is 63.9 Å². The summed E-state index contributed by atoms with van der Waals surface area (Å²) in [6.07, 6.45) is 0.896. The highest BCUT2D eigenvalue weighted by Crippen LogP contribution is 2.21. The van der Waals surface area contributed by atoms with Crippen LogP contribution in [0.5, 0.6) is 0 Å². The summed E-state index contributed by atoms with van der Waals surface area (Å²) in [6.45, 7) is 3.46. The van der Waals surface area contributed by atoms with E-state index in [0.717, 1.165) is 34.0 Å². The number of halogens is 1. The summed E-state index contributed by atoms with van der Waals surface area (Å²) in [6, 6.07) is 11.3. The number of amides is 2. The lowest BCUT2D eigenvalue weighted by Crippen LogP contribution is -2.52. The number of benzene rings is 2. The van der Waals surface area contributed by atoms with Crippen LogP contribution in [-0.4, -0.2) is 55.5 Å². The van der Waals surface area contributed by atoms with E-state index in [9.17, 15) is 27.2 Å². The number of fused-ring (bicyclic) bond motifs is 1. The fourth-order valence-electron chi connectivity index (χ4n) is 4.41. The van der Waals surface area contributed by atoms with Gasteiger partial charge >= 0.3 is 0 Å². The van der Waals surface area contributed by atoms with Gasteiger partial charge in [0.25, 0.3) is 5.91 Å². The molecule has 11 heteroatoms. The molecule has 1 aliphatic rings. The van der Waals surface area contributed by atoms with Crippen LogP contribution in [0, 0.1) is 11.7 Å². The predicted octanol–water partition coefficient (Wildman–Crippen LogP) is 3.26. The summed E-state index contributed by atoms with van der Waals surface area (Å²) in [7, 11) is -4.01. The molecule has 0 bridgehead atoms. The van der Waals surface area contributed by atoms with E-state index in [2.05, 4.69) is 10.6 Å². The molecule has 38 heavy (non-hydrogen) atoms. The van der Waals surface area contributed by atoms with Crippen LogP contribution in [0.4, 0.5) is 4.39 Å². The van der Waals surface area contributed by atoms with Crippen molar-refractivity contribution in [3.05, 3.63) is 66.2 Å². The first kappa shape index (κ1) is 27.5. The Kier molecular flexibility index (Phi) is 8.27. The topological polar surface area (TPSA) is 126 Å². The molecule has 4 rings (SSSR count). The number of rotatable bonds is 8. The quantitative estimate of drug-likeness (QED) is 0.449. The molecular weight excluding hydrogens is 513 g/mol. The maximum Gasteiger partial charge on any atom is 0.287 e. The van der Waals surface area contributed by atoms with Crippen LogP contribution in [0.25, 0.3) is 11.0 Å². The van der Waals surface area contributed by atoms with Gasteiger partial charge < -0.3 is 15.1 Å². The van der Waals surface area contributed by atoms with Crippen LogP contribution in [-0.2, 0) is 19.6 Å². The minimum Gasteiger partial charge on any atom is -0.451 e. The molecule has 2 N–H and O–H groups in total. The van der Waals surface area contributed by atoms with Gasteiger partial charge in [-0.05, 0) is 61.6 Å². The molecule has 1 aliphatic heterocycles. The van der Waals surface area contributed by atoms with E-state index in [0.29, 0.717) is 18.4 Å². The standard InChI is InChI=1S/C27H30FN3O6S/c1-17(2)14-22(30-27(34)25-15-18-6-3-4-8-24(18)37-25)26(33)29-21-7-5-13-31(16-23(21)32)38(35,36)20-11-9-19(28)10-12-20/h3-4,6,8-12,15,17,21-22H,5,7,13-14,16H2,1-2H3,(H,29,33)(H,30,34)/t21-,22?/m0/s1. The molecule has 3 aromatic rings. The summed E-state index contributed by atoms with van der Waals surface area (Å²) in [5, 5.41) is 6.18. The molecule has 2 amide bonds. The normalized spacial score (nSPS) is 17.8. The predicted molar refractivity (Wildman–Crippen MR) is 138 cm³/mol. The molecule has 1 aromatic heterocycles. The summed E-state index contributed by atoms with van der Waals surface area (Å²) >= 11 is 0. The first-order chi connectivity index (χ1) is 18.0. The Hall–Kier alpha value is -3.57. The lowest BCUT2D eigenvalue weighted by atomic mass is 10.0. The van der Waals surface area contributed by atoms with Gasteiger partial charge in [0.15, 0.2) is 11.5 Å². The molecule has 9 nitrogen and oxygen atoms in total. The Bertz CT molecular complexity index is 1400. The van der Waals surface area contributed by atoms with Crippen molar-refractivity contribution in [2.24, 2.45) is 5.92 Å². The van der Waals surface area contributed by atoms with Gasteiger partial charge in [0, 0.05) is 11.9 Å². The van der Waals surface area contributed by atoms with Crippen LogP contribution < -0.4 is 10.6 Å². The van der Waals surface area contributed by atoms with Gasteiger partial charge in [0.05, 0.1) is 17.5 Å². The van der Waals surface area contributed by atoms with Gasteiger partial charge in [-0.1, -0.05) is 32.0 Å². The number of para-hydroxylation sites is 1. The molecule has 0 radical (unpaired) electrons. The summed E-state index contributed by atoms with van der Waals surface area (Å²) in [5.74, 6) is -1.99. The molecule has 2 aromatic carbocycles. The average Bonchev–Trinajstić information content (AvgIpc) is 3.22. The van der Waals surface area contributed by atoms with Crippen molar-refractivity contribution in [3.63, 3.8) is 0 Å². The zero-order valence-corrected chi connectivity index (χ0v) is 22.0. The van der Waals surface area contributed by atoms with Gasteiger partial charge in [0.1, 0.15) is 17.4 Å². The molecule has 1 saturated heterocycles. The zero-order chi connectivity index (χ0) is 27.4. The van der Waals surface area contributed by atoms with E-state index in [4.69, 9.17) is 4.42 Å². The maximum atomic E-state index is 13.3. The number of furan rings is 1. The minimum atomic E-state index is -4.01. The van der Waals surface area contributed by atoms with Gasteiger partial charge in [0.2, 0.25) is 15.9 Å². The Labute approximate surface area is 220 Å². The largest absolute Gasteiger partial charge is 0.451 e. The highest BCUT2D eigenvalue weighted by atomic mass is 32.2. The molecule has 0 spiro atoms. The van der Waals surface area contributed by atoms with Crippen molar-refractivity contribution in [3.8, 4) is 0 Å². The molecule has 2 atom stereocenters. The number of carbonyl (C=O) groups is 3. The van der Waals surface area contributed by atoms with Gasteiger partial charge in [-0.2, -0.15) is 4.31 Å². The summed E-state index contributed by atoms with van der Waals surface area (Å²) < 4.78 is 45.9. The lowest BCUT2D eigenvalue weighted by Gasteiger charge is -2.23. The number of hydrogen-bond donors (Lipinski definition) is 2. The molecule has 0 saturated carbocycles. The Morgan fingerprint density at radius 2 is 1.84 bits per heavy atom. The number of ketones is 1. The van der Waals surface area contributed by atoms with Crippen molar-refractivity contribution >= 4 is 38.6 Å². The van der Waals surface area contributed by atoms with E-state index >= 15 is 0 Å². The second-order valence-electron chi connectivity index (χ2n) is 9.77. The van der Waals surface area contributed by atoms with E-state index in [1.165, 1.54) is 0 Å². The SMILES string of the molecule is CC(C)CC(NC(=O)c1cc2ccccc2o1)C(=O)N[C@H]1CCCN(S(=O)(=O)c2ccc(F)cc2)CC1=O. The first-order valence-corrected chi connectivity index (χ1v) is 13.9. The Balaban J connectivity index is 1.44. The van der Waals surface area contributed by atoms with E-state index < -0.39 is 52.1 Å². The third kappa shape index (κ3) is 6.28. The zero-order valence-electron chi connectivity index (χ0n) is 21.1. The van der Waals surface area contributed by atoms with Gasteiger partial charge in [-0.3, -0.25) is 14.4 Å². The second kappa shape index (κ2) is 11.4. The number of hydrogen-bond acceptors (Lipinski definition) is 6. The third-order valence-electron chi connectivity index (χ3n) is 6.37.